The maximum Gasteiger partial charge on any atom is 0.0579 e. The molecule has 1 fully saturated rings. The number of nitrogens with one attached hydrogen (secondary N) is 1. The van der Waals surface area contributed by atoms with Crippen LogP contribution < -0.4 is 11.1 Å². The van der Waals surface area contributed by atoms with Gasteiger partial charge in [-0.2, -0.15) is 0 Å². The van der Waals surface area contributed by atoms with Gasteiger partial charge in [0.15, 0.2) is 0 Å². The normalized spacial score (nSPS) is 22.5. The standard InChI is InChI=1S/C13H20N2/c1-9-5-4-6-11(12(9)14)15-8-10-7-13(10,2)3/h4-6,10,15H,7-8,14H2,1-3H3. The van der Waals surface area contributed by atoms with Crippen LogP contribution in [0.3, 0.4) is 0 Å². The summed E-state index contributed by atoms with van der Waals surface area (Å²) in [5.41, 5.74) is 9.64. The van der Waals surface area contributed by atoms with Crippen LogP contribution >= 0.6 is 0 Å². The van der Waals surface area contributed by atoms with Crippen LogP contribution in [0.25, 0.3) is 0 Å². The molecule has 1 aliphatic carbocycles. The summed E-state index contributed by atoms with van der Waals surface area (Å²) in [5, 5.41) is 3.45. The van der Waals surface area contributed by atoms with Crippen LogP contribution in [0.5, 0.6) is 0 Å². The van der Waals surface area contributed by atoms with Crippen LogP contribution in [-0.4, -0.2) is 6.54 Å². The van der Waals surface area contributed by atoms with Gasteiger partial charge in [0.1, 0.15) is 0 Å². The van der Waals surface area contributed by atoms with Crippen LogP contribution in [0, 0.1) is 18.3 Å². The Morgan fingerprint density at radius 2 is 2.13 bits per heavy atom. The smallest absolute Gasteiger partial charge is 0.0579 e. The number of rotatable bonds is 3. The molecule has 0 amide bonds. The van der Waals surface area contributed by atoms with Crippen LogP contribution in [0.2, 0.25) is 0 Å². The Morgan fingerprint density at radius 1 is 1.47 bits per heavy atom. The van der Waals surface area contributed by atoms with E-state index < -0.39 is 0 Å². The summed E-state index contributed by atoms with van der Waals surface area (Å²) in [7, 11) is 0. The third kappa shape index (κ3) is 2.09. The molecule has 82 valence electrons. The van der Waals surface area contributed by atoms with E-state index in [4.69, 9.17) is 5.73 Å². The number of benzene rings is 1. The van der Waals surface area contributed by atoms with Gasteiger partial charge in [0, 0.05) is 6.54 Å². The van der Waals surface area contributed by atoms with E-state index in [9.17, 15) is 0 Å². The molecule has 0 bridgehead atoms. The van der Waals surface area contributed by atoms with E-state index in [0.29, 0.717) is 5.41 Å². The third-order valence-corrected chi connectivity index (χ3v) is 3.58. The fourth-order valence-corrected chi connectivity index (χ4v) is 1.99. The van der Waals surface area contributed by atoms with E-state index in [1.54, 1.807) is 0 Å². The number of hydrogen-bond acceptors (Lipinski definition) is 2. The maximum absolute atomic E-state index is 5.99. The van der Waals surface area contributed by atoms with E-state index >= 15 is 0 Å². The second kappa shape index (κ2) is 3.44. The van der Waals surface area contributed by atoms with Crippen LogP contribution in [-0.2, 0) is 0 Å². The van der Waals surface area contributed by atoms with E-state index in [0.717, 1.165) is 29.4 Å². The zero-order valence-corrected chi connectivity index (χ0v) is 9.80. The molecule has 0 heterocycles. The predicted octanol–water partition coefficient (Wildman–Crippen LogP) is 3.04. The second-order valence-corrected chi connectivity index (χ2v) is 5.31. The summed E-state index contributed by atoms with van der Waals surface area (Å²) >= 11 is 0. The second-order valence-electron chi connectivity index (χ2n) is 5.31. The molecule has 0 aliphatic heterocycles. The molecule has 1 atom stereocenters. The molecular weight excluding hydrogens is 184 g/mol. The molecule has 2 heteroatoms. The van der Waals surface area contributed by atoms with Gasteiger partial charge >= 0.3 is 0 Å². The highest BCUT2D eigenvalue weighted by atomic mass is 14.9. The van der Waals surface area contributed by atoms with Gasteiger partial charge in [-0.3, -0.25) is 0 Å². The van der Waals surface area contributed by atoms with E-state index in [-0.39, 0.29) is 0 Å². The Balaban J connectivity index is 1.97. The first-order valence-corrected chi connectivity index (χ1v) is 5.59. The zero-order valence-electron chi connectivity index (χ0n) is 9.80. The Labute approximate surface area is 91.9 Å². The lowest BCUT2D eigenvalue weighted by Crippen LogP contribution is -2.09. The lowest BCUT2D eigenvalue weighted by atomic mass is 10.1. The number of nitrogen functional groups attached to an aromatic ring is 1. The predicted molar refractivity (Wildman–Crippen MR) is 66.0 cm³/mol. The lowest BCUT2D eigenvalue weighted by Gasteiger charge is -2.11. The van der Waals surface area contributed by atoms with Crippen molar-refractivity contribution in [2.75, 3.05) is 17.6 Å². The molecule has 0 radical (unpaired) electrons. The number of aryl methyl sites for hydroxylation is 1. The fourth-order valence-electron chi connectivity index (χ4n) is 1.99. The minimum absolute atomic E-state index is 0.533. The minimum atomic E-state index is 0.533. The molecule has 1 saturated carbocycles. The fraction of sp³-hybridized carbons (Fsp3) is 0.538. The van der Waals surface area contributed by atoms with Crippen molar-refractivity contribution in [3.05, 3.63) is 23.8 Å². The molecule has 1 aromatic rings. The van der Waals surface area contributed by atoms with Crippen molar-refractivity contribution in [2.45, 2.75) is 27.2 Å². The zero-order chi connectivity index (χ0) is 11.1. The highest BCUT2D eigenvalue weighted by Gasteiger charge is 2.44. The molecule has 2 rings (SSSR count). The summed E-state index contributed by atoms with van der Waals surface area (Å²) in [6, 6.07) is 6.14. The van der Waals surface area contributed by atoms with Crippen LogP contribution in [0.15, 0.2) is 18.2 Å². The number of para-hydroxylation sites is 1. The van der Waals surface area contributed by atoms with Crippen molar-refractivity contribution in [3.63, 3.8) is 0 Å². The van der Waals surface area contributed by atoms with Gasteiger partial charge in [0.25, 0.3) is 0 Å². The van der Waals surface area contributed by atoms with Gasteiger partial charge in [-0.05, 0) is 36.3 Å². The highest BCUT2D eigenvalue weighted by molar-refractivity contribution is 5.69. The average Bonchev–Trinajstić information content (AvgIpc) is 2.77. The lowest BCUT2D eigenvalue weighted by molar-refractivity contribution is 0.573. The van der Waals surface area contributed by atoms with Crippen LogP contribution in [0.1, 0.15) is 25.8 Å². The first-order valence-electron chi connectivity index (χ1n) is 5.59. The first kappa shape index (κ1) is 10.3. The van der Waals surface area contributed by atoms with Gasteiger partial charge in [0.05, 0.1) is 11.4 Å². The largest absolute Gasteiger partial charge is 0.397 e. The molecule has 1 unspecified atom stereocenters. The van der Waals surface area contributed by atoms with Crippen molar-refractivity contribution < 1.29 is 0 Å². The topological polar surface area (TPSA) is 38.0 Å². The molecule has 15 heavy (non-hydrogen) atoms. The number of nitrogens with two attached hydrogens (primary N) is 1. The molecule has 2 nitrogen and oxygen atoms in total. The number of hydrogen-bond donors (Lipinski definition) is 2. The number of anilines is 2. The molecule has 1 aliphatic rings. The Kier molecular flexibility index (Phi) is 2.37. The Hall–Kier alpha value is -1.18. The minimum Gasteiger partial charge on any atom is -0.397 e. The van der Waals surface area contributed by atoms with Crippen molar-refractivity contribution in [3.8, 4) is 0 Å². The SMILES string of the molecule is Cc1cccc(NCC2CC2(C)C)c1N. The van der Waals surface area contributed by atoms with E-state index in [2.05, 4.69) is 25.2 Å². The van der Waals surface area contributed by atoms with Crippen molar-refractivity contribution in [1.29, 1.82) is 0 Å². The molecule has 0 spiro atoms. The van der Waals surface area contributed by atoms with Gasteiger partial charge in [0.2, 0.25) is 0 Å². The van der Waals surface area contributed by atoms with Crippen molar-refractivity contribution >= 4 is 11.4 Å². The molecule has 3 N–H and O–H groups in total. The van der Waals surface area contributed by atoms with Gasteiger partial charge in [-0.25, -0.2) is 0 Å². The van der Waals surface area contributed by atoms with Crippen molar-refractivity contribution in [2.24, 2.45) is 11.3 Å². The molecule has 0 aromatic heterocycles. The average molecular weight is 204 g/mol. The van der Waals surface area contributed by atoms with Gasteiger partial charge < -0.3 is 11.1 Å². The van der Waals surface area contributed by atoms with Crippen molar-refractivity contribution in [1.82, 2.24) is 0 Å². The van der Waals surface area contributed by atoms with E-state index in [1.165, 1.54) is 6.42 Å². The Morgan fingerprint density at radius 3 is 2.73 bits per heavy atom. The summed E-state index contributed by atoms with van der Waals surface area (Å²) < 4.78 is 0. The summed E-state index contributed by atoms with van der Waals surface area (Å²) in [4.78, 5) is 0. The van der Waals surface area contributed by atoms with E-state index in [1.807, 2.05) is 19.1 Å². The molecular formula is C13H20N2. The van der Waals surface area contributed by atoms with Gasteiger partial charge in [-0.15, -0.1) is 0 Å². The molecule has 1 aromatic carbocycles. The Bertz CT molecular complexity index is 369. The van der Waals surface area contributed by atoms with Crippen LogP contribution in [0.4, 0.5) is 11.4 Å². The third-order valence-electron chi connectivity index (χ3n) is 3.58. The summed E-state index contributed by atoms with van der Waals surface area (Å²) in [6.07, 6.45) is 1.33. The quantitative estimate of drug-likeness (QED) is 0.743. The van der Waals surface area contributed by atoms with Gasteiger partial charge in [-0.1, -0.05) is 26.0 Å². The summed E-state index contributed by atoms with van der Waals surface area (Å²) in [6.45, 7) is 7.72. The molecule has 0 saturated heterocycles. The highest BCUT2D eigenvalue weighted by Crippen LogP contribution is 2.51. The first-order chi connectivity index (χ1) is 7.00. The monoisotopic (exact) mass is 204 g/mol. The maximum atomic E-state index is 5.99. The summed E-state index contributed by atoms with van der Waals surface area (Å²) in [5.74, 6) is 0.803.